The van der Waals surface area contributed by atoms with Crippen molar-refractivity contribution in [3.63, 3.8) is 0 Å². The molecule has 2 saturated carbocycles. The maximum atomic E-state index is 14.8. The number of hydrogen-bond donors (Lipinski definition) is 0. The van der Waals surface area contributed by atoms with Crippen LogP contribution in [0, 0.1) is 41.0 Å². The molecule has 2 fully saturated rings. The Morgan fingerprint density at radius 2 is 1.45 bits per heavy atom. The topological polar surface area (TPSA) is 18.5 Å². The van der Waals surface area contributed by atoms with Gasteiger partial charge in [0, 0.05) is 12.0 Å². The third-order valence-electron chi connectivity index (χ3n) is 8.35. The molecule has 1 atom stereocenters. The minimum absolute atomic E-state index is 0.0151. The molecule has 0 N–H and O–H groups in total. The van der Waals surface area contributed by atoms with Crippen LogP contribution in [-0.2, 0) is 6.61 Å². The first-order valence-corrected chi connectivity index (χ1v) is 13.7. The SMILES string of the molecule is C=CC1CCC(c2ccc(COc3ccc(OCCC(F)C4CCC(C)CC4)c(F)c3F)c(F)c2F)CC1. The van der Waals surface area contributed by atoms with Gasteiger partial charge in [-0.2, -0.15) is 8.78 Å². The molecule has 1 unspecified atom stereocenters. The van der Waals surface area contributed by atoms with Crippen LogP contribution in [-0.4, -0.2) is 12.8 Å². The van der Waals surface area contributed by atoms with Gasteiger partial charge in [-0.25, -0.2) is 13.2 Å². The van der Waals surface area contributed by atoms with E-state index in [0.717, 1.165) is 51.4 Å². The van der Waals surface area contributed by atoms with Crippen LogP contribution < -0.4 is 9.47 Å². The smallest absolute Gasteiger partial charge is 0.204 e. The Morgan fingerprint density at radius 3 is 2.08 bits per heavy atom. The molecule has 0 saturated heterocycles. The van der Waals surface area contributed by atoms with Crippen molar-refractivity contribution in [2.24, 2.45) is 17.8 Å². The highest BCUT2D eigenvalue weighted by Gasteiger charge is 2.27. The monoisotopic (exact) mass is 536 g/mol. The van der Waals surface area contributed by atoms with Gasteiger partial charge in [0.2, 0.25) is 11.6 Å². The second-order valence-corrected chi connectivity index (χ2v) is 10.9. The Morgan fingerprint density at radius 1 is 0.816 bits per heavy atom. The highest BCUT2D eigenvalue weighted by molar-refractivity contribution is 5.36. The van der Waals surface area contributed by atoms with Crippen LogP contribution >= 0.6 is 0 Å². The van der Waals surface area contributed by atoms with Crippen LogP contribution in [0.3, 0.4) is 0 Å². The lowest BCUT2D eigenvalue weighted by atomic mass is 9.78. The summed E-state index contributed by atoms with van der Waals surface area (Å²) in [7, 11) is 0. The molecule has 38 heavy (non-hydrogen) atoms. The van der Waals surface area contributed by atoms with Crippen LogP contribution in [0.15, 0.2) is 36.9 Å². The van der Waals surface area contributed by atoms with Gasteiger partial charge in [0.15, 0.2) is 23.1 Å². The van der Waals surface area contributed by atoms with E-state index in [4.69, 9.17) is 9.47 Å². The minimum atomic E-state index is -1.29. The number of benzene rings is 2. The number of hydrogen-bond acceptors (Lipinski definition) is 2. The fraction of sp³-hybridized carbons (Fsp3) is 0.548. The Hall–Kier alpha value is -2.57. The van der Waals surface area contributed by atoms with E-state index in [1.54, 1.807) is 6.07 Å². The van der Waals surface area contributed by atoms with Crippen molar-refractivity contribution in [3.8, 4) is 11.5 Å². The van der Waals surface area contributed by atoms with E-state index in [9.17, 15) is 22.0 Å². The normalized spacial score (nSPS) is 24.6. The summed E-state index contributed by atoms with van der Waals surface area (Å²) in [5, 5.41) is 0. The molecule has 2 aromatic rings. The van der Waals surface area contributed by atoms with Gasteiger partial charge in [0.1, 0.15) is 12.8 Å². The molecule has 4 rings (SSSR count). The second-order valence-electron chi connectivity index (χ2n) is 10.9. The molecule has 2 aliphatic rings. The highest BCUT2D eigenvalue weighted by atomic mass is 19.2. The van der Waals surface area contributed by atoms with Crippen LogP contribution in [0.4, 0.5) is 22.0 Å². The van der Waals surface area contributed by atoms with Crippen molar-refractivity contribution in [2.45, 2.75) is 83.4 Å². The molecule has 0 heterocycles. The summed E-state index contributed by atoms with van der Waals surface area (Å²) in [6, 6.07) is 5.35. The molecular weight excluding hydrogens is 499 g/mol. The third kappa shape index (κ3) is 6.70. The lowest BCUT2D eigenvalue weighted by Crippen LogP contribution is -2.23. The number of allylic oxidation sites excluding steroid dienone is 1. The van der Waals surface area contributed by atoms with Gasteiger partial charge in [-0.3, -0.25) is 0 Å². The molecule has 2 aliphatic carbocycles. The van der Waals surface area contributed by atoms with Crippen LogP contribution in [0.2, 0.25) is 0 Å². The fourth-order valence-electron chi connectivity index (χ4n) is 5.75. The van der Waals surface area contributed by atoms with E-state index < -0.39 is 41.8 Å². The average molecular weight is 537 g/mol. The van der Waals surface area contributed by atoms with Gasteiger partial charge in [0.05, 0.1) is 6.61 Å². The average Bonchev–Trinajstić information content (AvgIpc) is 2.93. The lowest BCUT2D eigenvalue weighted by molar-refractivity contribution is 0.131. The molecule has 2 nitrogen and oxygen atoms in total. The number of ether oxygens (including phenoxy) is 2. The molecule has 0 amide bonds. The highest BCUT2D eigenvalue weighted by Crippen LogP contribution is 2.38. The third-order valence-corrected chi connectivity index (χ3v) is 8.35. The summed E-state index contributed by atoms with van der Waals surface area (Å²) < 4.78 is 83.9. The number of halogens is 5. The Kier molecular flexibility index (Phi) is 9.72. The minimum Gasteiger partial charge on any atom is -0.490 e. The summed E-state index contributed by atoms with van der Waals surface area (Å²) in [6.07, 6.45) is 7.94. The maximum absolute atomic E-state index is 14.8. The Balaban J connectivity index is 1.31. The maximum Gasteiger partial charge on any atom is 0.204 e. The first kappa shape index (κ1) is 28.4. The molecule has 0 aliphatic heterocycles. The van der Waals surface area contributed by atoms with Crippen LogP contribution in [0.1, 0.15) is 81.8 Å². The van der Waals surface area contributed by atoms with Crippen molar-refractivity contribution in [1.29, 1.82) is 0 Å². The molecule has 2 aromatic carbocycles. The molecular formula is C31H37F5O2. The standard InChI is InChI=1S/C31H37F5O2/c1-3-20-6-10-21(11-7-20)24-13-12-23(28(33)29(24)34)18-38-27-15-14-26(30(35)31(27)36)37-17-16-25(32)22-8-4-19(2)5-9-22/h3,12-15,19-22,25H,1,4-11,16-18H2,2H3. The molecule has 0 spiro atoms. The number of alkyl halides is 1. The van der Waals surface area contributed by atoms with Crippen molar-refractivity contribution < 1.29 is 31.4 Å². The van der Waals surface area contributed by atoms with Gasteiger partial charge in [0.25, 0.3) is 0 Å². The zero-order valence-corrected chi connectivity index (χ0v) is 22.0. The Bertz CT molecular complexity index is 1090. The van der Waals surface area contributed by atoms with Crippen molar-refractivity contribution >= 4 is 0 Å². The summed E-state index contributed by atoms with van der Waals surface area (Å²) in [6.45, 7) is 5.43. The second kappa shape index (κ2) is 13.0. The largest absolute Gasteiger partial charge is 0.490 e. The molecule has 208 valence electrons. The van der Waals surface area contributed by atoms with E-state index in [1.807, 2.05) is 6.08 Å². The quantitative estimate of drug-likeness (QED) is 0.223. The molecule has 0 radical (unpaired) electrons. The zero-order chi connectivity index (χ0) is 27.2. The van der Waals surface area contributed by atoms with Crippen molar-refractivity contribution in [3.05, 3.63) is 71.3 Å². The van der Waals surface area contributed by atoms with Crippen molar-refractivity contribution in [2.75, 3.05) is 6.61 Å². The molecule has 0 aromatic heterocycles. The first-order valence-electron chi connectivity index (χ1n) is 13.7. The first-order chi connectivity index (χ1) is 18.3. The summed E-state index contributed by atoms with van der Waals surface area (Å²) in [5.74, 6) is -4.35. The van der Waals surface area contributed by atoms with E-state index in [-0.39, 0.29) is 36.2 Å². The summed E-state index contributed by atoms with van der Waals surface area (Å²) in [5.41, 5.74) is 0.248. The van der Waals surface area contributed by atoms with E-state index in [0.29, 0.717) is 17.4 Å². The van der Waals surface area contributed by atoms with E-state index in [2.05, 4.69) is 13.5 Å². The number of rotatable bonds is 10. The van der Waals surface area contributed by atoms with E-state index >= 15 is 0 Å². The predicted molar refractivity (Wildman–Crippen MR) is 138 cm³/mol. The lowest BCUT2D eigenvalue weighted by Gasteiger charge is -2.28. The predicted octanol–water partition coefficient (Wildman–Crippen LogP) is 9.22. The molecule has 0 bridgehead atoms. The van der Waals surface area contributed by atoms with E-state index in [1.165, 1.54) is 18.2 Å². The van der Waals surface area contributed by atoms with Gasteiger partial charge < -0.3 is 9.47 Å². The zero-order valence-electron chi connectivity index (χ0n) is 22.0. The Labute approximate surface area is 222 Å². The molecule has 7 heteroatoms. The van der Waals surface area contributed by atoms with Crippen LogP contribution in [0.25, 0.3) is 0 Å². The summed E-state index contributed by atoms with van der Waals surface area (Å²) >= 11 is 0. The summed E-state index contributed by atoms with van der Waals surface area (Å²) in [4.78, 5) is 0. The van der Waals surface area contributed by atoms with Crippen molar-refractivity contribution in [1.82, 2.24) is 0 Å². The van der Waals surface area contributed by atoms with Gasteiger partial charge in [-0.15, -0.1) is 6.58 Å². The van der Waals surface area contributed by atoms with Gasteiger partial charge in [-0.1, -0.05) is 38.0 Å². The van der Waals surface area contributed by atoms with Gasteiger partial charge in [-0.05, 0) is 79.9 Å². The van der Waals surface area contributed by atoms with Crippen LogP contribution in [0.5, 0.6) is 11.5 Å². The fourth-order valence-corrected chi connectivity index (χ4v) is 5.75. The van der Waals surface area contributed by atoms with Gasteiger partial charge >= 0.3 is 0 Å².